The summed E-state index contributed by atoms with van der Waals surface area (Å²) in [6.45, 7) is 3.63. The molecule has 1 aromatic heterocycles. The SMILES string of the molecule is CCc1ccc(C(c2nc3ccccc3s2)N2CCCC(C(=O)O)C2)cc1. The molecule has 0 aliphatic carbocycles. The van der Waals surface area contributed by atoms with Crippen LogP contribution in [-0.2, 0) is 11.2 Å². The Balaban J connectivity index is 1.75. The molecular weight excluding hydrogens is 356 g/mol. The number of para-hydroxylation sites is 1. The van der Waals surface area contributed by atoms with Gasteiger partial charge < -0.3 is 5.11 Å². The van der Waals surface area contributed by atoms with Crippen molar-refractivity contribution in [3.8, 4) is 0 Å². The van der Waals surface area contributed by atoms with Crippen LogP contribution in [0, 0.1) is 5.92 Å². The Labute approximate surface area is 163 Å². The number of fused-ring (bicyclic) bond motifs is 1. The molecule has 27 heavy (non-hydrogen) atoms. The van der Waals surface area contributed by atoms with Crippen LogP contribution in [0.25, 0.3) is 10.2 Å². The van der Waals surface area contributed by atoms with E-state index < -0.39 is 5.97 Å². The first-order valence-corrected chi connectivity index (χ1v) is 10.4. The summed E-state index contributed by atoms with van der Waals surface area (Å²) in [5.74, 6) is -0.991. The second-order valence-electron chi connectivity index (χ2n) is 7.19. The van der Waals surface area contributed by atoms with Crippen molar-refractivity contribution in [3.05, 3.63) is 64.7 Å². The van der Waals surface area contributed by atoms with Crippen molar-refractivity contribution >= 4 is 27.5 Å². The van der Waals surface area contributed by atoms with Crippen LogP contribution in [0.3, 0.4) is 0 Å². The number of hydrogen-bond acceptors (Lipinski definition) is 4. The fourth-order valence-corrected chi connectivity index (χ4v) is 5.03. The van der Waals surface area contributed by atoms with Crippen LogP contribution in [0.15, 0.2) is 48.5 Å². The van der Waals surface area contributed by atoms with Gasteiger partial charge in [0, 0.05) is 6.54 Å². The van der Waals surface area contributed by atoms with Gasteiger partial charge in [0.2, 0.25) is 0 Å². The van der Waals surface area contributed by atoms with Gasteiger partial charge in [-0.15, -0.1) is 11.3 Å². The molecule has 4 rings (SSSR count). The molecule has 0 radical (unpaired) electrons. The van der Waals surface area contributed by atoms with Crippen molar-refractivity contribution in [2.24, 2.45) is 5.92 Å². The number of carbonyl (C=O) groups is 1. The standard InChI is InChI=1S/C22H24N2O2S/c1-2-15-9-11-16(12-10-15)20(24-13-5-6-17(14-24)22(25)26)21-23-18-7-3-4-8-19(18)27-21/h3-4,7-12,17,20H,2,5-6,13-14H2,1H3,(H,25,26). The normalized spacial score (nSPS) is 19.2. The summed E-state index contributed by atoms with van der Waals surface area (Å²) in [6, 6.07) is 16.9. The minimum Gasteiger partial charge on any atom is -0.481 e. The average molecular weight is 381 g/mol. The van der Waals surface area contributed by atoms with E-state index in [0.717, 1.165) is 36.3 Å². The first-order chi connectivity index (χ1) is 13.2. The molecule has 2 unspecified atom stereocenters. The number of carboxylic acids is 1. The molecule has 2 aromatic carbocycles. The molecule has 2 atom stereocenters. The first-order valence-electron chi connectivity index (χ1n) is 9.57. The Hall–Kier alpha value is -2.24. The number of benzene rings is 2. The largest absolute Gasteiger partial charge is 0.481 e. The van der Waals surface area contributed by atoms with Crippen molar-refractivity contribution in [1.82, 2.24) is 9.88 Å². The zero-order valence-corrected chi connectivity index (χ0v) is 16.3. The number of aromatic nitrogens is 1. The second-order valence-corrected chi connectivity index (χ2v) is 8.25. The molecule has 2 heterocycles. The summed E-state index contributed by atoms with van der Waals surface area (Å²) < 4.78 is 1.18. The molecule has 1 saturated heterocycles. The van der Waals surface area contributed by atoms with Crippen molar-refractivity contribution in [3.63, 3.8) is 0 Å². The molecule has 0 spiro atoms. The molecule has 0 bridgehead atoms. The van der Waals surface area contributed by atoms with Crippen LogP contribution in [-0.4, -0.2) is 34.0 Å². The van der Waals surface area contributed by atoms with Gasteiger partial charge in [-0.1, -0.05) is 43.3 Å². The third kappa shape index (κ3) is 3.75. The maximum atomic E-state index is 11.6. The zero-order chi connectivity index (χ0) is 18.8. The number of likely N-dealkylation sites (tertiary alicyclic amines) is 1. The maximum absolute atomic E-state index is 11.6. The Kier molecular flexibility index (Phi) is 5.23. The second kappa shape index (κ2) is 7.79. The molecule has 4 nitrogen and oxygen atoms in total. The predicted octanol–water partition coefficient (Wildman–Crippen LogP) is 4.74. The first kappa shape index (κ1) is 18.1. The molecule has 3 aromatic rings. The van der Waals surface area contributed by atoms with Crippen molar-refractivity contribution < 1.29 is 9.90 Å². The van der Waals surface area contributed by atoms with Crippen LogP contribution in [0.1, 0.15) is 41.9 Å². The highest BCUT2D eigenvalue weighted by Crippen LogP contribution is 2.36. The molecule has 5 heteroatoms. The highest BCUT2D eigenvalue weighted by Gasteiger charge is 2.32. The van der Waals surface area contributed by atoms with Gasteiger partial charge in [0.15, 0.2) is 0 Å². The minimum absolute atomic E-state index is 0.00968. The summed E-state index contributed by atoms with van der Waals surface area (Å²) in [5, 5.41) is 10.6. The van der Waals surface area contributed by atoms with Gasteiger partial charge in [-0.2, -0.15) is 0 Å². The van der Waals surface area contributed by atoms with E-state index >= 15 is 0 Å². The fourth-order valence-electron chi connectivity index (χ4n) is 3.89. The van der Waals surface area contributed by atoms with Crippen LogP contribution >= 0.6 is 11.3 Å². The van der Waals surface area contributed by atoms with Crippen molar-refractivity contribution in [1.29, 1.82) is 0 Å². The number of hydrogen-bond donors (Lipinski definition) is 1. The van der Waals surface area contributed by atoms with Gasteiger partial charge in [-0.25, -0.2) is 4.98 Å². The van der Waals surface area contributed by atoms with Crippen LogP contribution in [0.5, 0.6) is 0 Å². The van der Waals surface area contributed by atoms with Crippen molar-refractivity contribution in [2.45, 2.75) is 32.2 Å². The fraction of sp³-hybridized carbons (Fsp3) is 0.364. The Morgan fingerprint density at radius 1 is 1.26 bits per heavy atom. The highest BCUT2D eigenvalue weighted by molar-refractivity contribution is 7.18. The molecule has 140 valence electrons. The van der Waals surface area contributed by atoms with Gasteiger partial charge >= 0.3 is 5.97 Å². The van der Waals surface area contributed by atoms with Gasteiger partial charge in [-0.05, 0) is 49.1 Å². The molecule has 1 fully saturated rings. The monoisotopic (exact) mass is 380 g/mol. The molecule has 1 N–H and O–H groups in total. The van der Waals surface area contributed by atoms with Crippen LogP contribution < -0.4 is 0 Å². The Bertz CT molecular complexity index is 902. The van der Waals surface area contributed by atoms with E-state index in [0.29, 0.717) is 6.54 Å². The number of carboxylic acid groups (broad SMARTS) is 1. The van der Waals surface area contributed by atoms with E-state index in [9.17, 15) is 9.90 Å². The topological polar surface area (TPSA) is 53.4 Å². The number of nitrogens with zero attached hydrogens (tertiary/aromatic N) is 2. The molecule has 1 aliphatic heterocycles. The van der Waals surface area contributed by atoms with Crippen LogP contribution in [0.4, 0.5) is 0 Å². The predicted molar refractivity (Wildman–Crippen MR) is 109 cm³/mol. The van der Waals surface area contributed by atoms with Crippen LogP contribution in [0.2, 0.25) is 0 Å². The molecule has 1 aliphatic rings. The Morgan fingerprint density at radius 2 is 2.04 bits per heavy atom. The minimum atomic E-state index is -0.691. The number of rotatable bonds is 5. The Morgan fingerprint density at radius 3 is 2.74 bits per heavy atom. The molecular formula is C22H24N2O2S. The lowest BCUT2D eigenvalue weighted by Crippen LogP contribution is -2.41. The number of aliphatic carboxylic acids is 1. The zero-order valence-electron chi connectivity index (χ0n) is 15.5. The number of thiazole rings is 1. The average Bonchev–Trinajstić information content (AvgIpc) is 3.12. The lowest BCUT2D eigenvalue weighted by atomic mass is 9.94. The maximum Gasteiger partial charge on any atom is 0.307 e. The lowest BCUT2D eigenvalue weighted by Gasteiger charge is -2.36. The lowest BCUT2D eigenvalue weighted by molar-refractivity contribution is -0.143. The quantitative estimate of drug-likeness (QED) is 0.694. The van der Waals surface area contributed by atoms with E-state index in [-0.39, 0.29) is 12.0 Å². The third-order valence-electron chi connectivity index (χ3n) is 5.42. The number of piperidine rings is 1. The van der Waals surface area contributed by atoms with Gasteiger partial charge in [0.25, 0.3) is 0 Å². The summed E-state index contributed by atoms with van der Waals surface area (Å²) in [5.41, 5.74) is 3.51. The summed E-state index contributed by atoms with van der Waals surface area (Å²) in [6.07, 6.45) is 2.68. The van der Waals surface area contributed by atoms with E-state index in [1.807, 2.05) is 18.2 Å². The van der Waals surface area contributed by atoms with Gasteiger partial charge in [0.05, 0.1) is 22.2 Å². The summed E-state index contributed by atoms with van der Waals surface area (Å²) in [7, 11) is 0. The van der Waals surface area contributed by atoms with Gasteiger partial charge in [-0.3, -0.25) is 9.69 Å². The molecule has 0 saturated carbocycles. The number of aryl methyl sites for hydroxylation is 1. The van der Waals surface area contributed by atoms with Gasteiger partial charge in [0.1, 0.15) is 5.01 Å². The molecule has 0 amide bonds. The third-order valence-corrected chi connectivity index (χ3v) is 6.50. The van der Waals surface area contributed by atoms with E-state index in [1.165, 1.54) is 15.8 Å². The van der Waals surface area contributed by atoms with Crippen molar-refractivity contribution in [2.75, 3.05) is 13.1 Å². The van der Waals surface area contributed by atoms with E-state index in [1.54, 1.807) is 11.3 Å². The summed E-state index contributed by atoms with van der Waals surface area (Å²) in [4.78, 5) is 18.8. The van der Waals surface area contributed by atoms with E-state index in [4.69, 9.17) is 4.98 Å². The van der Waals surface area contributed by atoms with E-state index in [2.05, 4.69) is 42.2 Å². The summed E-state index contributed by atoms with van der Waals surface area (Å²) >= 11 is 1.71. The smallest absolute Gasteiger partial charge is 0.307 e. The highest BCUT2D eigenvalue weighted by atomic mass is 32.1.